The number of ketones is 1. The Balaban J connectivity index is 1.50. The molecule has 0 saturated carbocycles. The van der Waals surface area contributed by atoms with E-state index < -0.39 is 6.10 Å². The van der Waals surface area contributed by atoms with Crippen molar-refractivity contribution in [2.45, 2.75) is 24.6 Å². The van der Waals surface area contributed by atoms with Gasteiger partial charge in [-0.15, -0.1) is 0 Å². The lowest BCUT2D eigenvalue weighted by atomic mass is 10.1. The lowest BCUT2D eigenvalue weighted by Gasteiger charge is -2.12. The van der Waals surface area contributed by atoms with Crippen LogP contribution in [0.25, 0.3) is 11.3 Å². The Bertz CT molecular complexity index is 907. The van der Waals surface area contributed by atoms with Gasteiger partial charge in [0, 0.05) is 24.8 Å². The number of imidazole rings is 1. The van der Waals surface area contributed by atoms with E-state index >= 15 is 0 Å². The van der Waals surface area contributed by atoms with Crippen LogP contribution in [0, 0.1) is 0 Å². The zero-order valence-electron chi connectivity index (χ0n) is 16.0. The first kappa shape index (κ1) is 20.2. The van der Waals surface area contributed by atoms with Crippen molar-refractivity contribution in [2.75, 3.05) is 12.4 Å². The maximum atomic E-state index is 11.6. The lowest BCUT2D eigenvalue weighted by Crippen LogP contribution is -2.20. The van der Waals surface area contributed by atoms with Crippen molar-refractivity contribution in [3.05, 3.63) is 66.4 Å². The van der Waals surface area contributed by atoms with Crippen LogP contribution in [0.2, 0.25) is 0 Å². The fourth-order valence-corrected chi connectivity index (χ4v) is 3.61. The number of carbonyl (C=O) groups excluding carboxylic acids is 1. The first-order chi connectivity index (χ1) is 13.6. The summed E-state index contributed by atoms with van der Waals surface area (Å²) in [4.78, 5) is 16.1. The summed E-state index contributed by atoms with van der Waals surface area (Å²) in [6.07, 6.45) is 1.70. The number of hydrogen-bond acceptors (Lipinski definition) is 5. The van der Waals surface area contributed by atoms with E-state index in [0.29, 0.717) is 23.5 Å². The van der Waals surface area contributed by atoms with E-state index in [0.717, 1.165) is 16.4 Å². The van der Waals surface area contributed by atoms with Gasteiger partial charge in [0.15, 0.2) is 10.9 Å². The Kier molecular flexibility index (Phi) is 6.90. The van der Waals surface area contributed by atoms with Crippen LogP contribution in [-0.4, -0.2) is 38.9 Å². The maximum Gasteiger partial charge on any atom is 0.168 e. The molecule has 0 aliphatic rings. The van der Waals surface area contributed by atoms with Gasteiger partial charge in [-0.25, -0.2) is 4.98 Å². The van der Waals surface area contributed by atoms with Crippen molar-refractivity contribution < 1.29 is 14.6 Å². The zero-order chi connectivity index (χ0) is 19.9. The Morgan fingerprint density at radius 3 is 2.57 bits per heavy atom. The normalized spacial score (nSPS) is 12.0. The van der Waals surface area contributed by atoms with Gasteiger partial charge in [-0.2, -0.15) is 0 Å². The molecular formula is C22H24N2O3S. The molecule has 0 aliphatic carbocycles. The van der Waals surface area contributed by atoms with Crippen LogP contribution >= 0.6 is 11.8 Å². The summed E-state index contributed by atoms with van der Waals surface area (Å²) in [7, 11) is 1.97. The second-order valence-corrected chi connectivity index (χ2v) is 7.42. The number of carbonyl (C=O) groups is 1. The first-order valence-corrected chi connectivity index (χ1v) is 10.2. The fraction of sp³-hybridized carbons (Fsp3) is 0.273. The lowest BCUT2D eigenvalue weighted by molar-refractivity contribution is 0.0987. The smallest absolute Gasteiger partial charge is 0.168 e. The average Bonchev–Trinajstić information content (AvgIpc) is 3.11. The van der Waals surface area contributed by atoms with Gasteiger partial charge in [-0.1, -0.05) is 49.0 Å². The molecule has 0 radical (unpaired) electrons. The molecule has 146 valence electrons. The number of thioether (sulfide) groups is 1. The summed E-state index contributed by atoms with van der Waals surface area (Å²) < 4.78 is 7.65. The largest absolute Gasteiger partial charge is 0.491 e. The molecule has 6 heteroatoms. The molecule has 0 saturated heterocycles. The molecule has 0 spiro atoms. The minimum absolute atomic E-state index is 0.105. The number of aromatic nitrogens is 2. The Labute approximate surface area is 169 Å². The topological polar surface area (TPSA) is 64.3 Å². The number of benzene rings is 2. The molecule has 1 aromatic heterocycles. The molecule has 28 heavy (non-hydrogen) atoms. The molecule has 0 amide bonds. The molecule has 1 unspecified atom stereocenters. The van der Waals surface area contributed by atoms with Crippen molar-refractivity contribution in [1.29, 1.82) is 0 Å². The van der Waals surface area contributed by atoms with Gasteiger partial charge < -0.3 is 14.4 Å². The highest BCUT2D eigenvalue weighted by Crippen LogP contribution is 2.25. The predicted octanol–water partition coefficient (Wildman–Crippen LogP) is 4.21. The molecule has 0 fully saturated rings. The molecular weight excluding hydrogens is 372 g/mol. The minimum Gasteiger partial charge on any atom is -0.491 e. The highest BCUT2D eigenvalue weighted by molar-refractivity contribution is 7.99. The summed E-state index contributed by atoms with van der Waals surface area (Å²) in [5, 5.41) is 11.1. The van der Waals surface area contributed by atoms with E-state index in [1.807, 2.05) is 55.1 Å². The van der Waals surface area contributed by atoms with Gasteiger partial charge in [-0.05, 0) is 29.8 Å². The number of Topliss-reactive ketones (excluding diaryl/α,β-unsaturated/α-hetero) is 1. The molecule has 3 rings (SSSR count). The average molecular weight is 397 g/mol. The van der Waals surface area contributed by atoms with Gasteiger partial charge in [0.25, 0.3) is 0 Å². The molecule has 3 aromatic rings. The molecule has 1 heterocycles. The molecule has 5 nitrogen and oxygen atoms in total. The number of aliphatic hydroxyl groups is 1. The van der Waals surface area contributed by atoms with E-state index in [-0.39, 0.29) is 12.4 Å². The standard InChI is InChI=1S/C22H24N2O3S/c1-3-21(26)17-9-11-19(12-10-17)27-14-18(25)15-28-22-23-13-20(24(22)2)16-7-5-4-6-8-16/h4-13,18,25H,3,14-15H2,1-2H3. The summed E-state index contributed by atoms with van der Waals surface area (Å²) >= 11 is 1.49. The second kappa shape index (κ2) is 9.57. The Hall–Kier alpha value is -2.57. The Morgan fingerprint density at radius 2 is 1.89 bits per heavy atom. The quantitative estimate of drug-likeness (QED) is 0.434. The first-order valence-electron chi connectivity index (χ1n) is 9.22. The highest BCUT2D eigenvalue weighted by Gasteiger charge is 2.12. The monoisotopic (exact) mass is 396 g/mol. The van der Waals surface area contributed by atoms with Crippen LogP contribution in [0.15, 0.2) is 66.0 Å². The molecule has 0 bridgehead atoms. The third kappa shape index (κ3) is 5.03. The van der Waals surface area contributed by atoms with Gasteiger partial charge in [-0.3, -0.25) is 4.79 Å². The number of hydrogen-bond donors (Lipinski definition) is 1. The van der Waals surface area contributed by atoms with E-state index in [9.17, 15) is 9.90 Å². The highest BCUT2D eigenvalue weighted by atomic mass is 32.2. The van der Waals surface area contributed by atoms with Crippen molar-refractivity contribution in [2.24, 2.45) is 7.05 Å². The molecule has 1 N–H and O–H groups in total. The van der Waals surface area contributed by atoms with Crippen LogP contribution < -0.4 is 4.74 Å². The van der Waals surface area contributed by atoms with Crippen molar-refractivity contribution in [1.82, 2.24) is 9.55 Å². The molecule has 2 aromatic carbocycles. The summed E-state index contributed by atoms with van der Waals surface area (Å²) in [6, 6.07) is 17.1. The van der Waals surface area contributed by atoms with Gasteiger partial charge in [0.05, 0.1) is 18.0 Å². The van der Waals surface area contributed by atoms with Crippen LogP contribution in [0.4, 0.5) is 0 Å². The SMILES string of the molecule is CCC(=O)c1ccc(OCC(O)CSc2ncc(-c3ccccc3)n2C)cc1. The fourth-order valence-electron chi connectivity index (χ4n) is 2.76. The van der Waals surface area contributed by atoms with Crippen molar-refractivity contribution >= 4 is 17.5 Å². The van der Waals surface area contributed by atoms with Gasteiger partial charge in [0.1, 0.15) is 12.4 Å². The Morgan fingerprint density at radius 1 is 1.18 bits per heavy atom. The second-order valence-electron chi connectivity index (χ2n) is 6.43. The third-order valence-electron chi connectivity index (χ3n) is 4.36. The van der Waals surface area contributed by atoms with Gasteiger partial charge in [0.2, 0.25) is 0 Å². The molecule has 1 atom stereocenters. The predicted molar refractivity (Wildman–Crippen MR) is 112 cm³/mol. The van der Waals surface area contributed by atoms with Crippen LogP contribution in [0.3, 0.4) is 0 Å². The summed E-state index contributed by atoms with van der Waals surface area (Å²) in [5.41, 5.74) is 2.82. The van der Waals surface area contributed by atoms with Gasteiger partial charge >= 0.3 is 0 Å². The summed E-state index contributed by atoms with van der Waals surface area (Å²) in [5.74, 6) is 1.22. The molecule has 0 aliphatic heterocycles. The zero-order valence-corrected chi connectivity index (χ0v) is 16.9. The van der Waals surface area contributed by atoms with Crippen molar-refractivity contribution in [3.63, 3.8) is 0 Å². The number of rotatable bonds is 9. The van der Waals surface area contributed by atoms with E-state index in [2.05, 4.69) is 4.98 Å². The van der Waals surface area contributed by atoms with E-state index in [1.165, 1.54) is 11.8 Å². The van der Waals surface area contributed by atoms with Crippen LogP contribution in [-0.2, 0) is 7.05 Å². The maximum absolute atomic E-state index is 11.6. The summed E-state index contributed by atoms with van der Waals surface area (Å²) in [6.45, 7) is 2.02. The minimum atomic E-state index is -0.626. The van der Waals surface area contributed by atoms with Crippen LogP contribution in [0.5, 0.6) is 5.75 Å². The van der Waals surface area contributed by atoms with Crippen LogP contribution in [0.1, 0.15) is 23.7 Å². The number of aliphatic hydroxyl groups excluding tert-OH is 1. The van der Waals surface area contributed by atoms with E-state index in [1.54, 1.807) is 24.3 Å². The number of nitrogens with zero attached hydrogens (tertiary/aromatic N) is 2. The third-order valence-corrected chi connectivity index (χ3v) is 5.55. The number of ether oxygens (including phenoxy) is 1. The van der Waals surface area contributed by atoms with Crippen molar-refractivity contribution in [3.8, 4) is 17.0 Å². The van der Waals surface area contributed by atoms with E-state index in [4.69, 9.17) is 4.74 Å².